The summed E-state index contributed by atoms with van der Waals surface area (Å²) in [6, 6.07) is 7.13. The molecule has 2 atom stereocenters. The highest BCUT2D eigenvalue weighted by Gasteiger charge is 2.22. The molecule has 2 N–H and O–H groups in total. The van der Waals surface area contributed by atoms with Gasteiger partial charge in [0.1, 0.15) is 0 Å². The molecule has 4 nitrogen and oxygen atoms in total. The van der Waals surface area contributed by atoms with Crippen LogP contribution in [0.4, 0.5) is 0 Å². The Kier molecular flexibility index (Phi) is 8.35. The molecule has 1 aromatic carbocycles. The van der Waals surface area contributed by atoms with E-state index in [0.29, 0.717) is 18.1 Å². The summed E-state index contributed by atoms with van der Waals surface area (Å²) < 4.78 is 5.32. The monoisotopic (exact) mass is 314 g/mol. The number of rotatable bonds is 10. The minimum atomic E-state index is -0.914. The Morgan fingerprint density at radius 3 is 2.81 bits per heavy atom. The van der Waals surface area contributed by atoms with E-state index in [1.165, 1.54) is 0 Å². The SMILES string of the molecule is CCCCOCC(O)CC(Cc1cccc(Cl)c1)C(=O)O. The topological polar surface area (TPSA) is 66.8 Å². The van der Waals surface area contributed by atoms with Gasteiger partial charge in [0.15, 0.2) is 0 Å². The molecule has 1 rings (SSSR count). The lowest BCUT2D eigenvalue weighted by atomic mass is 9.94. The van der Waals surface area contributed by atoms with Gasteiger partial charge in [-0.3, -0.25) is 4.79 Å². The van der Waals surface area contributed by atoms with Gasteiger partial charge in [-0.2, -0.15) is 0 Å². The number of unbranched alkanes of at least 4 members (excludes halogenated alkanes) is 1. The first-order valence-corrected chi connectivity index (χ1v) is 7.63. The quantitative estimate of drug-likeness (QED) is 0.651. The molecule has 0 saturated carbocycles. The van der Waals surface area contributed by atoms with Crippen molar-refractivity contribution in [2.75, 3.05) is 13.2 Å². The summed E-state index contributed by atoms with van der Waals surface area (Å²) >= 11 is 5.90. The van der Waals surface area contributed by atoms with E-state index in [9.17, 15) is 15.0 Å². The van der Waals surface area contributed by atoms with Crippen LogP contribution < -0.4 is 0 Å². The Bertz CT molecular complexity index is 436. The Morgan fingerprint density at radius 1 is 1.43 bits per heavy atom. The summed E-state index contributed by atoms with van der Waals surface area (Å²) in [7, 11) is 0. The molecule has 118 valence electrons. The van der Waals surface area contributed by atoms with Crippen LogP contribution in [0.3, 0.4) is 0 Å². The highest BCUT2D eigenvalue weighted by Crippen LogP contribution is 2.18. The zero-order valence-electron chi connectivity index (χ0n) is 12.3. The molecule has 0 aromatic heterocycles. The fourth-order valence-electron chi connectivity index (χ4n) is 2.08. The number of carbonyl (C=O) groups is 1. The van der Waals surface area contributed by atoms with Crippen molar-refractivity contribution in [1.82, 2.24) is 0 Å². The Balaban J connectivity index is 2.48. The van der Waals surface area contributed by atoms with Crippen molar-refractivity contribution < 1.29 is 19.7 Å². The van der Waals surface area contributed by atoms with Gasteiger partial charge in [-0.25, -0.2) is 0 Å². The molecule has 0 saturated heterocycles. The Labute approximate surface area is 130 Å². The molecule has 0 bridgehead atoms. The van der Waals surface area contributed by atoms with E-state index in [2.05, 4.69) is 6.92 Å². The van der Waals surface area contributed by atoms with Crippen LogP contribution >= 0.6 is 11.6 Å². The van der Waals surface area contributed by atoms with Crippen molar-refractivity contribution in [2.45, 2.75) is 38.7 Å². The van der Waals surface area contributed by atoms with E-state index in [0.717, 1.165) is 18.4 Å². The summed E-state index contributed by atoms with van der Waals surface area (Å²) in [6.07, 6.45) is 1.73. The molecule has 0 aliphatic rings. The average Bonchev–Trinajstić information content (AvgIpc) is 2.43. The summed E-state index contributed by atoms with van der Waals surface area (Å²) in [5.74, 6) is -1.56. The van der Waals surface area contributed by atoms with Crippen LogP contribution in [0, 0.1) is 5.92 Å². The first-order chi connectivity index (χ1) is 10.0. The van der Waals surface area contributed by atoms with Crippen molar-refractivity contribution in [3.8, 4) is 0 Å². The number of carboxylic acids is 1. The maximum absolute atomic E-state index is 11.3. The predicted molar refractivity (Wildman–Crippen MR) is 82.6 cm³/mol. The fraction of sp³-hybridized carbons (Fsp3) is 0.562. The maximum atomic E-state index is 11.3. The second kappa shape index (κ2) is 9.77. The van der Waals surface area contributed by atoms with E-state index in [-0.39, 0.29) is 13.0 Å². The minimum Gasteiger partial charge on any atom is -0.481 e. The molecule has 1 aromatic rings. The number of aliphatic carboxylic acids is 1. The van der Waals surface area contributed by atoms with Crippen LogP contribution in [-0.4, -0.2) is 35.5 Å². The van der Waals surface area contributed by atoms with E-state index in [4.69, 9.17) is 16.3 Å². The minimum absolute atomic E-state index is 0.175. The van der Waals surface area contributed by atoms with Gasteiger partial charge >= 0.3 is 5.97 Å². The third kappa shape index (κ3) is 7.46. The number of benzene rings is 1. The van der Waals surface area contributed by atoms with Crippen LogP contribution in [0.5, 0.6) is 0 Å². The Hall–Kier alpha value is -1.10. The molecule has 0 aliphatic carbocycles. The van der Waals surface area contributed by atoms with E-state index >= 15 is 0 Å². The lowest BCUT2D eigenvalue weighted by molar-refractivity contribution is -0.143. The highest BCUT2D eigenvalue weighted by molar-refractivity contribution is 6.30. The normalized spacial score (nSPS) is 13.9. The lowest BCUT2D eigenvalue weighted by Gasteiger charge is -2.17. The summed E-state index contributed by atoms with van der Waals surface area (Å²) in [5, 5.41) is 19.7. The molecule has 0 amide bonds. The number of hydrogen-bond acceptors (Lipinski definition) is 3. The number of aliphatic hydroxyl groups is 1. The highest BCUT2D eigenvalue weighted by atomic mass is 35.5. The van der Waals surface area contributed by atoms with E-state index in [1.807, 2.05) is 6.07 Å². The molecular weight excluding hydrogens is 292 g/mol. The summed E-state index contributed by atoms with van der Waals surface area (Å²) in [6.45, 7) is 2.84. The number of aliphatic hydroxyl groups excluding tert-OH is 1. The van der Waals surface area contributed by atoms with Gasteiger partial charge in [0, 0.05) is 11.6 Å². The molecule has 21 heavy (non-hydrogen) atoms. The standard InChI is InChI=1S/C16H23ClO4/c1-2-3-7-21-11-15(18)10-13(16(19)20)8-12-5-4-6-14(17)9-12/h4-6,9,13,15,18H,2-3,7-8,10-11H2,1H3,(H,19,20). The number of halogens is 1. The first-order valence-electron chi connectivity index (χ1n) is 7.26. The second-order valence-electron chi connectivity index (χ2n) is 5.19. The van der Waals surface area contributed by atoms with Crippen molar-refractivity contribution in [1.29, 1.82) is 0 Å². The van der Waals surface area contributed by atoms with Crippen molar-refractivity contribution in [3.63, 3.8) is 0 Å². The van der Waals surface area contributed by atoms with Crippen molar-refractivity contribution in [2.24, 2.45) is 5.92 Å². The molecule has 0 spiro atoms. The lowest BCUT2D eigenvalue weighted by Crippen LogP contribution is -2.26. The van der Waals surface area contributed by atoms with Crippen LogP contribution in [0.15, 0.2) is 24.3 Å². The second-order valence-corrected chi connectivity index (χ2v) is 5.62. The van der Waals surface area contributed by atoms with Gasteiger partial charge in [0.05, 0.1) is 18.6 Å². The average molecular weight is 315 g/mol. The summed E-state index contributed by atoms with van der Waals surface area (Å²) in [5.41, 5.74) is 0.856. The third-order valence-corrected chi connectivity index (χ3v) is 3.46. The predicted octanol–water partition coefficient (Wildman–Crippen LogP) is 3.15. The largest absolute Gasteiger partial charge is 0.481 e. The molecule has 0 heterocycles. The van der Waals surface area contributed by atoms with Crippen molar-refractivity contribution in [3.05, 3.63) is 34.9 Å². The van der Waals surface area contributed by atoms with Gasteiger partial charge in [0.2, 0.25) is 0 Å². The van der Waals surface area contributed by atoms with Crippen LogP contribution in [0.25, 0.3) is 0 Å². The third-order valence-electron chi connectivity index (χ3n) is 3.23. The first kappa shape index (κ1) is 18.0. The summed E-state index contributed by atoms with van der Waals surface area (Å²) in [4.78, 5) is 11.3. The molecule has 0 fully saturated rings. The van der Waals surface area contributed by atoms with Gasteiger partial charge in [0.25, 0.3) is 0 Å². The Morgan fingerprint density at radius 2 is 2.19 bits per heavy atom. The number of hydrogen-bond donors (Lipinski definition) is 2. The number of ether oxygens (including phenoxy) is 1. The van der Waals surface area contributed by atoms with Gasteiger partial charge < -0.3 is 14.9 Å². The zero-order chi connectivity index (χ0) is 15.7. The van der Waals surface area contributed by atoms with Gasteiger partial charge in [-0.05, 0) is 37.0 Å². The zero-order valence-corrected chi connectivity index (χ0v) is 13.1. The van der Waals surface area contributed by atoms with Crippen LogP contribution in [-0.2, 0) is 16.0 Å². The molecule has 2 unspecified atom stereocenters. The maximum Gasteiger partial charge on any atom is 0.306 e. The van der Waals surface area contributed by atoms with Crippen molar-refractivity contribution >= 4 is 17.6 Å². The smallest absolute Gasteiger partial charge is 0.306 e. The molecule has 5 heteroatoms. The van der Waals surface area contributed by atoms with Crippen LogP contribution in [0.1, 0.15) is 31.7 Å². The van der Waals surface area contributed by atoms with Crippen LogP contribution in [0.2, 0.25) is 5.02 Å². The van der Waals surface area contributed by atoms with Gasteiger partial charge in [-0.1, -0.05) is 37.1 Å². The molecule has 0 aliphatic heterocycles. The van der Waals surface area contributed by atoms with E-state index in [1.54, 1.807) is 18.2 Å². The fourth-order valence-corrected chi connectivity index (χ4v) is 2.30. The molecule has 0 radical (unpaired) electrons. The van der Waals surface area contributed by atoms with Gasteiger partial charge in [-0.15, -0.1) is 0 Å². The van der Waals surface area contributed by atoms with E-state index < -0.39 is 18.0 Å². The molecular formula is C16H23ClO4. The number of carboxylic acid groups (broad SMARTS) is 1.